The van der Waals surface area contributed by atoms with E-state index in [-0.39, 0.29) is 12.3 Å². The number of tetrazole rings is 1. The first kappa shape index (κ1) is 16.1. The molecule has 0 aliphatic heterocycles. The SMILES string of the molecule is Cc1cc(C)c(C(=O)Cn2nnc(-c3ccccc3C)n2)cc1C. The van der Waals surface area contributed by atoms with Gasteiger partial charge in [0.05, 0.1) is 0 Å². The number of carbonyl (C=O) groups excluding carboxylic acids is 1. The fraction of sp³-hybridized carbons (Fsp3) is 0.263. The first-order chi connectivity index (χ1) is 11.5. The fourth-order valence-corrected chi connectivity index (χ4v) is 2.72. The quantitative estimate of drug-likeness (QED) is 0.691. The lowest BCUT2D eigenvalue weighted by atomic mass is 9.98. The molecule has 0 N–H and O–H groups in total. The van der Waals surface area contributed by atoms with E-state index >= 15 is 0 Å². The average Bonchev–Trinajstić information content (AvgIpc) is 2.99. The molecule has 0 fully saturated rings. The van der Waals surface area contributed by atoms with Gasteiger partial charge in [-0.15, -0.1) is 10.2 Å². The van der Waals surface area contributed by atoms with Crippen molar-refractivity contribution in [3.05, 3.63) is 64.2 Å². The molecule has 0 bridgehead atoms. The molecular formula is C19H20N4O. The number of Topliss-reactive ketones (excluding diaryl/α,β-unsaturated/α-hetero) is 1. The third-order valence-corrected chi connectivity index (χ3v) is 4.26. The Morgan fingerprint density at radius 3 is 2.42 bits per heavy atom. The van der Waals surface area contributed by atoms with Crippen molar-refractivity contribution in [2.45, 2.75) is 34.2 Å². The molecule has 0 atom stereocenters. The molecule has 24 heavy (non-hydrogen) atoms. The van der Waals surface area contributed by atoms with Gasteiger partial charge in [-0.3, -0.25) is 4.79 Å². The Bertz CT molecular complexity index is 911. The van der Waals surface area contributed by atoms with Crippen LogP contribution in [0.5, 0.6) is 0 Å². The van der Waals surface area contributed by atoms with Gasteiger partial charge in [-0.2, -0.15) is 4.80 Å². The van der Waals surface area contributed by atoms with Gasteiger partial charge < -0.3 is 0 Å². The van der Waals surface area contributed by atoms with Crippen LogP contribution in [0, 0.1) is 27.7 Å². The van der Waals surface area contributed by atoms with Gasteiger partial charge in [0, 0.05) is 11.1 Å². The highest BCUT2D eigenvalue weighted by Gasteiger charge is 2.14. The van der Waals surface area contributed by atoms with Crippen LogP contribution in [0.15, 0.2) is 36.4 Å². The van der Waals surface area contributed by atoms with E-state index in [2.05, 4.69) is 15.4 Å². The molecule has 0 aliphatic carbocycles. The van der Waals surface area contributed by atoms with E-state index in [1.165, 1.54) is 10.4 Å². The fourth-order valence-electron chi connectivity index (χ4n) is 2.72. The first-order valence-electron chi connectivity index (χ1n) is 7.90. The summed E-state index contributed by atoms with van der Waals surface area (Å²) in [5.41, 5.74) is 5.99. The van der Waals surface area contributed by atoms with Crippen LogP contribution in [0.2, 0.25) is 0 Å². The molecule has 1 heterocycles. The molecule has 0 aliphatic rings. The van der Waals surface area contributed by atoms with E-state index in [1.807, 2.05) is 64.1 Å². The topological polar surface area (TPSA) is 60.7 Å². The Labute approximate surface area is 141 Å². The third kappa shape index (κ3) is 3.11. The van der Waals surface area contributed by atoms with Gasteiger partial charge in [-0.25, -0.2) is 0 Å². The first-order valence-corrected chi connectivity index (χ1v) is 7.90. The Balaban J connectivity index is 1.84. The second-order valence-corrected chi connectivity index (χ2v) is 6.13. The van der Waals surface area contributed by atoms with Crippen LogP contribution in [0.25, 0.3) is 11.4 Å². The molecule has 1 aromatic heterocycles. The lowest BCUT2D eigenvalue weighted by Crippen LogP contribution is -2.14. The molecule has 0 unspecified atom stereocenters. The molecule has 0 amide bonds. The average molecular weight is 320 g/mol. The molecule has 2 aromatic carbocycles. The number of benzene rings is 2. The minimum atomic E-state index is -0.00988. The maximum atomic E-state index is 12.6. The van der Waals surface area contributed by atoms with Crippen molar-refractivity contribution in [2.24, 2.45) is 0 Å². The summed E-state index contributed by atoms with van der Waals surface area (Å²) in [6.07, 6.45) is 0. The Kier molecular flexibility index (Phi) is 4.25. The van der Waals surface area contributed by atoms with Gasteiger partial charge in [-0.1, -0.05) is 30.3 Å². The van der Waals surface area contributed by atoms with Crippen molar-refractivity contribution < 1.29 is 4.79 Å². The lowest BCUT2D eigenvalue weighted by molar-refractivity contribution is 0.0960. The summed E-state index contributed by atoms with van der Waals surface area (Å²) in [4.78, 5) is 13.9. The number of aromatic nitrogens is 4. The molecule has 3 aromatic rings. The van der Waals surface area contributed by atoms with Crippen LogP contribution in [0.3, 0.4) is 0 Å². The highest BCUT2D eigenvalue weighted by molar-refractivity contribution is 5.97. The van der Waals surface area contributed by atoms with Crippen LogP contribution < -0.4 is 0 Å². The molecule has 0 saturated heterocycles. The zero-order valence-electron chi connectivity index (χ0n) is 14.4. The predicted molar refractivity (Wildman–Crippen MR) is 93.0 cm³/mol. The van der Waals surface area contributed by atoms with Gasteiger partial charge >= 0.3 is 0 Å². The molecule has 5 nitrogen and oxygen atoms in total. The van der Waals surface area contributed by atoms with E-state index in [0.717, 1.165) is 22.3 Å². The van der Waals surface area contributed by atoms with Crippen molar-refractivity contribution in [2.75, 3.05) is 0 Å². The second-order valence-electron chi connectivity index (χ2n) is 6.13. The maximum Gasteiger partial charge on any atom is 0.205 e. The van der Waals surface area contributed by atoms with Gasteiger partial charge in [0.1, 0.15) is 6.54 Å². The van der Waals surface area contributed by atoms with Crippen molar-refractivity contribution in [3.8, 4) is 11.4 Å². The zero-order chi connectivity index (χ0) is 17.3. The second kappa shape index (κ2) is 6.35. The minimum Gasteiger partial charge on any atom is -0.292 e. The van der Waals surface area contributed by atoms with E-state index in [4.69, 9.17) is 0 Å². The molecule has 0 spiro atoms. The van der Waals surface area contributed by atoms with Crippen molar-refractivity contribution in [1.29, 1.82) is 0 Å². The van der Waals surface area contributed by atoms with Crippen molar-refractivity contribution in [1.82, 2.24) is 20.2 Å². The molecule has 122 valence electrons. The maximum absolute atomic E-state index is 12.6. The molecule has 3 rings (SSSR count). The van der Waals surface area contributed by atoms with Crippen molar-refractivity contribution in [3.63, 3.8) is 0 Å². The third-order valence-electron chi connectivity index (χ3n) is 4.26. The molecular weight excluding hydrogens is 300 g/mol. The predicted octanol–water partition coefficient (Wildman–Crippen LogP) is 3.46. The summed E-state index contributed by atoms with van der Waals surface area (Å²) >= 11 is 0. The molecule has 0 saturated carbocycles. The van der Waals surface area contributed by atoms with E-state index < -0.39 is 0 Å². The number of hydrogen-bond donors (Lipinski definition) is 0. The molecule has 5 heteroatoms. The van der Waals surface area contributed by atoms with Crippen LogP contribution >= 0.6 is 0 Å². The van der Waals surface area contributed by atoms with Crippen LogP contribution in [-0.2, 0) is 6.54 Å². The Hall–Kier alpha value is -2.82. The monoisotopic (exact) mass is 320 g/mol. The Morgan fingerprint density at radius 1 is 0.958 bits per heavy atom. The number of carbonyl (C=O) groups is 1. The Morgan fingerprint density at radius 2 is 1.67 bits per heavy atom. The van der Waals surface area contributed by atoms with E-state index in [0.29, 0.717) is 11.4 Å². The summed E-state index contributed by atoms with van der Waals surface area (Å²) in [6.45, 7) is 8.09. The lowest BCUT2D eigenvalue weighted by Gasteiger charge is -2.08. The summed E-state index contributed by atoms with van der Waals surface area (Å²) in [5.74, 6) is 0.530. The number of ketones is 1. The number of aryl methyl sites for hydroxylation is 4. The molecule has 0 radical (unpaired) electrons. The number of rotatable bonds is 4. The van der Waals surface area contributed by atoms with Gasteiger partial charge in [-0.05, 0) is 61.2 Å². The smallest absolute Gasteiger partial charge is 0.205 e. The van der Waals surface area contributed by atoms with E-state index in [9.17, 15) is 4.79 Å². The summed E-state index contributed by atoms with van der Waals surface area (Å²) in [7, 11) is 0. The standard InChI is InChI=1S/C19H20N4O/c1-12-7-5-6-8-16(12)19-20-22-23(21-19)11-18(24)17-10-14(3)13(2)9-15(17)4/h5-10H,11H2,1-4H3. The van der Waals surface area contributed by atoms with Crippen molar-refractivity contribution >= 4 is 5.78 Å². The normalized spacial score (nSPS) is 10.8. The summed E-state index contributed by atoms with van der Waals surface area (Å²) in [6, 6.07) is 11.8. The minimum absolute atomic E-state index is 0.00988. The number of hydrogen-bond acceptors (Lipinski definition) is 4. The van der Waals surface area contributed by atoms with Crippen LogP contribution in [0.4, 0.5) is 0 Å². The zero-order valence-corrected chi connectivity index (χ0v) is 14.4. The van der Waals surface area contributed by atoms with Gasteiger partial charge in [0.25, 0.3) is 0 Å². The van der Waals surface area contributed by atoms with Crippen LogP contribution in [-0.4, -0.2) is 26.0 Å². The summed E-state index contributed by atoms with van der Waals surface area (Å²) < 4.78 is 0. The van der Waals surface area contributed by atoms with Gasteiger partial charge in [0.15, 0.2) is 5.78 Å². The van der Waals surface area contributed by atoms with Gasteiger partial charge in [0.2, 0.25) is 5.82 Å². The largest absolute Gasteiger partial charge is 0.292 e. The summed E-state index contributed by atoms with van der Waals surface area (Å²) in [5, 5.41) is 12.5. The highest BCUT2D eigenvalue weighted by atomic mass is 16.1. The van der Waals surface area contributed by atoms with Crippen LogP contribution in [0.1, 0.15) is 32.6 Å². The highest BCUT2D eigenvalue weighted by Crippen LogP contribution is 2.19. The number of nitrogens with zero attached hydrogens (tertiary/aromatic N) is 4. The van der Waals surface area contributed by atoms with E-state index in [1.54, 1.807) is 0 Å².